The Hall–Kier alpha value is -1.78. The normalized spacial score (nSPS) is 12.9. The Bertz CT molecular complexity index is 675. The van der Waals surface area contributed by atoms with Crippen LogP contribution in [0.25, 0.3) is 10.2 Å². The fraction of sp³-hybridized carbons (Fsp3) is 0.294. The van der Waals surface area contributed by atoms with E-state index in [1.165, 1.54) is 15.3 Å². The van der Waals surface area contributed by atoms with E-state index in [0.29, 0.717) is 6.04 Å². The second-order valence-corrected chi connectivity index (χ2v) is 6.34. The Labute approximate surface area is 129 Å². The van der Waals surface area contributed by atoms with Gasteiger partial charge in [-0.2, -0.15) is 0 Å². The van der Waals surface area contributed by atoms with Gasteiger partial charge in [0, 0.05) is 18.9 Å². The van der Waals surface area contributed by atoms with Crippen molar-refractivity contribution in [1.29, 1.82) is 0 Å². The average molecular weight is 297 g/mol. The number of thiazole rings is 1. The minimum Gasteiger partial charge on any atom is -0.297 e. The summed E-state index contributed by atoms with van der Waals surface area (Å²) < 4.78 is 1.27. The van der Waals surface area contributed by atoms with Gasteiger partial charge >= 0.3 is 0 Å². The Kier molecular flexibility index (Phi) is 4.27. The first kappa shape index (κ1) is 14.2. The first-order chi connectivity index (χ1) is 10.2. The second-order valence-electron chi connectivity index (χ2n) is 5.28. The number of nitrogens with zero attached hydrogens (tertiary/aromatic N) is 3. The van der Waals surface area contributed by atoms with Gasteiger partial charge in [-0.3, -0.25) is 9.88 Å². The molecule has 0 radical (unpaired) electrons. The third-order valence-corrected chi connectivity index (χ3v) is 5.04. The van der Waals surface area contributed by atoms with Crippen LogP contribution >= 0.6 is 11.3 Å². The summed E-state index contributed by atoms with van der Waals surface area (Å²) in [5.74, 6) is 0. The summed E-state index contributed by atoms with van der Waals surface area (Å²) in [5, 5.41) is 1.19. The van der Waals surface area contributed by atoms with Crippen molar-refractivity contribution in [2.45, 2.75) is 19.4 Å². The average Bonchev–Trinajstić information content (AvgIpc) is 2.97. The summed E-state index contributed by atoms with van der Waals surface area (Å²) >= 11 is 1.79. The fourth-order valence-corrected chi connectivity index (χ4v) is 3.39. The molecule has 0 spiro atoms. The first-order valence-corrected chi connectivity index (χ1v) is 8.00. The maximum atomic E-state index is 4.76. The molecule has 21 heavy (non-hydrogen) atoms. The van der Waals surface area contributed by atoms with Gasteiger partial charge in [0.1, 0.15) is 5.01 Å². The van der Waals surface area contributed by atoms with Crippen LogP contribution in [0.1, 0.15) is 23.5 Å². The monoisotopic (exact) mass is 297 g/mol. The van der Waals surface area contributed by atoms with Crippen molar-refractivity contribution < 1.29 is 0 Å². The molecule has 0 aliphatic carbocycles. The van der Waals surface area contributed by atoms with Crippen LogP contribution in [0.5, 0.6) is 0 Å². The van der Waals surface area contributed by atoms with Crippen molar-refractivity contribution in [2.75, 3.05) is 13.6 Å². The van der Waals surface area contributed by atoms with Gasteiger partial charge in [-0.25, -0.2) is 4.98 Å². The summed E-state index contributed by atoms with van der Waals surface area (Å²) in [6.07, 6.45) is 4.74. The molecule has 3 aromatic rings. The summed E-state index contributed by atoms with van der Waals surface area (Å²) in [6, 6.07) is 12.8. The zero-order chi connectivity index (χ0) is 14.7. The number of benzene rings is 1. The third-order valence-electron chi connectivity index (χ3n) is 3.83. The van der Waals surface area contributed by atoms with Gasteiger partial charge in [-0.1, -0.05) is 12.1 Å². The molecule has 0 aliphatic heterocycles. The minimum atomic E-state index is 0.337. The van der Waals surface area contributed by atoms with Crippen molar-refractivity contribution in [3.05, 3.63) is 59.4 Å². The van der Waals surface area contributed by atoms with Crippen LogP contribution in [-0.2, 0) is 6.42 Å². The summed E-state index contributed by atoms with van der Waals surface area (Å²) in [6.45, 7) is 3.24. The van der Waals surface area contributed by atoms with Crippen LogP contribution in [0.3, 0.4) is 0 Å². The van der Waals surface area contributed by atoms with Crippen molar-refractivity contribution in [3.8, 4) is 0 Å². The Balaban J connectivity index is 1.67. The van der Waals surface area contributed by atoms with E-state index in [4.69, 9.17) is 4.98 Å². The molecule has 3 rings (SSSR count). The lowest BCUT2D eigenvalue weighted by Crippen LogP contribution is -2.24. The summed E-state index contributed by atoms with van der Waals surface area (Å²) in [7, 11) is 2.16. The summed E-state index contributed by atoms with van der Waals surface area (Å²) in [5.41, 5.74) is 2.43. The molecule has 3 nitrogen and oxygen atoms in total. The van der Waals surface area contributed by atoms with Crippen LogP contribution < -0.4 is 0 Å². The van der Waals surface area contributed by atoms with Crippen LogP contribution in [0.4, 0.5) is 0 Å². The molecule has 0 unspecified atom stereocenters. The Morgan fingerprint density at radius 1 is 1.14 bits per heavy atom. The highest BCUT2D eigenvalue weighted by atomic mass is 32.1. The molecule has 2 heterocycles. The smallest absolute Gasteiger partial charge is 0.111 e. The zero-order valence-corrected chi connectivity index (χ0v) is 13.2. The molecule has 0 saturated heterocycles. The highest BCUT2D eigenvalue weighted by Gasteiger charge is 2.15. The predicted octanol–water partition coefficient (Wildman–Crippen LogP) is 3.93. The molecule has 2 aromatic heterocycles. The molecule has 0 amide bonds. The van der Waals surface area contributed by atoms with Crippen molar-refractivity contribution in [3.63, 3.8) is 0 Å². The molecule has 0 fully saturated rings. The minimum absolute atomic E-state index is 0.337. The second kappa shape index (κ2) is 6.33. The lowest BCUT2D eigenvalue weighted by molar-refractivity contribution is 0.264. The summed E-state index contributed by atoms with van der Waals surface area (Å²) in [4.78, 5) is 11.2. The van der Waals surface area contributed by atoms with Gasteiger partial charge < -0.3 is 0 Å². The van der Waals surface area contributed by atoms with E-state index >= 15 is 0 Å². The quantitative estimate of drug-likeness (QED) is 0.714. The van der Waals surface area contributed by atoms with Crippen molar-refractivity contribution in [1.82, 2.24) is 14.9 Å². The molecule has 1 aromatic carbocycles. The van der Waals surface area contributed by atoms with Crippen molar-refractivity contribution >= 4 is 21.6 Å². The predicted molar refractivity (Wildman–Crippen MR) is 88.6 cm³/mol. The topological polar surface area (TPSA) is 29.0 Å². The third kappa shape index (κ3) is 3.28. The molecule has 0 saturated carbocycles. The number of hydrogen-bond acceptors (Lipinski definition) is 4. The fourth-order valence-electron chi connectivity index (χ4n) is 2.31. The number of aromatic nitrogens is 2. The van der Waals surface area contributed by atoms with Crippen LogP contribution in [0.2, 0.25) is 0 Å². The van der Waals surface area contributed by atoms with E-state index in [2.05, 4.69) is 54.2 Å². The standard InChI is InChI=1S/C17H19N3S/c1-13(17-19-15-5-3-4-6-16(15)21-17)20(2)12-9-14-7-10-18-11-8-14/h3-8,10-11,13H,9,12H2,1-2H3/t13-/m1/s1. The first-order valence-electron chi connectivity index (χ1n) is 7.18. The van der Waals surface area contributed by atoms with E-state index < -0.39 is 0 Å². The van der Waals surface area contributed by atoms with Crippen LogP contribution in [-0.4, -0.2) is 28.5 Å². The van der Waals surface area contributed by atoms with E-state index in [1.54, 1.807) is 11.3 Å². The maximum Gasteiger partial charge on any atom is 0.111 e. The van der Waals surface area contributed by atoms with E-state index in [-0.39, 0.29) is 0 Å². The number of fused-ring (bicyclic) bond motifs is 1. The van der Waals surface area contributed by atoms with Gasteiger partial charge in [0.15, 0.2) is 0 Å². The van der Waals surface area contributed by atoms with E-state index in [0.717, 1.165) is 18.5 Å². The molecular weight excluding hydrogens is 278 g/mol. The zero-order valence-electron chi connectivity index (χ0n) is 12.4. The molecule has 0 N–H and O–H groups in total. The number of pyridine rings is 1. The Morgan fingerprint density at radius 2 is 1.90 bits per heavy atom. The Morgan fingerprint density at radius 3 is 2.67 bits per heavy atom. The molecule has 1 atom stereocenters. The van der Waals surface area contributed by atoms with E-state index in [9.17, 15) is 0 Å². The number of hydrogen-bond donors (Lipinski definition) is 0. The van der Waals surface area contributed by atoms with Crippen LogP contribution in [0, 0.1) is 0 Å². The van der Waals surface area contributed by atoms with E-state index in [1.807, 2.05) is 18.5 Å². The largest absolute Gasteiger partial charge is 0.297 e. The van der Waals surface area contributed by atoms with Crippen LogP contribution in [0.15, 0.2) is 48.8 Å². The number of rotatable bonds is 5. The lowest BCUT2D eigenvalue weighted by Gasteiger charge is -2.22. The number of likely N-dealkylation sites (N-methyl/N-ethyl adjacent to an activating group) is 1. The molecule has 4 heteroatoms. The highest BCUT2D eigenvalue weighted by Crippen LogP contribution is 2.28. The molecule has 108 valence electrons. The van der Waals surface area contributed by atoms with Gasteiger partial charge in [0.2, 0.25) is 0 Å². The van der Waals surface area contributed by atoms with Gasteiger partial charge in [-0.15, -0.1) is 11.3 Å². The molecule has 0 aliphatic rings. The number of para-hydroxylation sites is 1. The van der Waals surface area contributed by atoms with Gasteiger partial charge in [0.05, 0.1) is 16.3 Å². The lowest BCUT2D eigenvalue weighted by atomic mass is 10.2. The van der Waals surface area contributed by atoms with Gasteiger partial charge in [-0.05, 0) is 50.2 Å². The van der Waals surface area contributed by atoms with Crippen molar-refractivity contribution in [2.24, 2.45) is 0 Å². The van der Waals surface area contributed by atoms with Gasteiger partial charge in [0.25, 0.3) is 0 Å². The SMILES string of the molecule is C[C@H](c1nc2ccccc2s1)N(C)CCc1ccncc1. The molecule has 0 bridgehead atoms. The maximum absolute atomic E-state index is 4.76. The molecular formula is C17H19N3S. The highest BCUT2D eigenvalue weighted by molar-refractivity contribution is 7.18.